The number of hydrogen-bond donors (Lipinski definition) is 1. The van der Waals surface area contributed by atoms with Gasteiger partial charge < -0.3 is 4.74 Å². The summed E-state index contributed by atoms with van der Waals surface area (Å²) in [7, 11) is 0. The van der Waals surface area contributed by atoms with Crippen molar-refractivity contribution >= 4 is 0 Å². The third-order valence-electron chi connectivity index (χ3n) is 3.01. The van der Waals surface area contributed by atoms with Gasteiger partial charge in [0.1, 0.15) is 0 Å². The Morgan fingerprint density at radius 1 is 1.41 bits per heavy atom. The van der Waals surface area contributed by atoms with Crippen LogP contribution in [0.4, 0.5) is 0 Å². The van der Waals surface area contributed by atoms with Crippen LogP contribution in [0.5, 0.6) is 0 Å². The van der Waals surface area contributed by atoms with Crippen molar-refractivity contribution < 1.29 is 4.74 Å². The molecule has 0 aliphatic heterocycles. The quantitative estimate of drug-likeness (QED) is 0.814. The molecule has 0 saturated heterocycles. The summed E-state index contributed by atoms with van der Waals surface area (Å²) < 4.78 is 5.49. The van der Waals surface area contributed by atoms with Gasteiger partial charge in [0, 0.05) is 12.6 Å². The van der Waals surface area contributed by atoms with Gasteiger partial charge in [-0.1, -0.05) is 30.3 Å². The predicted octanol–water partition coefficient (Wildman–Crippen LogP) is 2.19. The minimum Gasteiger partial charge on any atom is -0.378 e. The van der Waals surface area contributed by atoms with Gasteiger partial charge in [-0.2, -0.15) is 5.26 Å². The number of rotatable bonds is 6. The van der Waals surface area contributed by atoms with Crippen molar-refractivity contribution in [3.63, 3.8) is 0 Å². The molecular formula is C14H18N2O. The molecule has 0 aromatic heterocycles. The lowest BCUT2D eigenvalue weighted by molar-refractivity contribution is 0.0976. The predicted molar refractivity (Wildman–Crippen MR) is 66.4 cm³/mol. The van der Waals surface area contributed by atoms with Crippen LogP contribution in [-0.4, -0.2) is 19.3 Å². The van der Waals surface area contributed by atoms with Gasteiger partial charge in [0.2, 0.25) is 0 Å². The highest BCUT2D eigenvalue weighted by atomic mass is 16.5. The van der Waals surface area contributed by atoms with Crippen LogP contribution in [0.3, 0.4) is 0 Å². The lowest BCUT2D eigenvalue weighted by Crippen LogP contribution is -2.46. The molecule has 0 amide bonds. The first-order valence-corrected chi connectivity index (χ1v) is 6.13. The minimum absolute atomic E-state index is 0.403. The number of benzene rings is 1. The topological polar surface area (TPSA) is 45.0 Å². The highest BCUT2D eigenvalue weighted by molar-refractivity contribution is 5.32. The normalized spacial score (nSPS) is 18.4. The summed E-state index contributed by atoms with van der Waals surface area (Å²) in [5.74, 6) is 0. The van der Waals surface area contributed by atoms with E-state index in [0.717, 1.165) is 18.4 Å². The Hall–Kier alpha value is -1.37. The molecule has 3 heteroatoms. The molecule has 1 unspecified atom stereocenters. The molecule has 3 nitrogen and oxygen atoms in total. The lowest BCUT2D eigenvalue weighted by Gasteiger charge is -2.28. The van der Waals surface area contributed by atoms with E-state index in [9.17, 15) is 5.26 Å². The molecule has 0 bridgehead atoms. The van der Waals surface area contributed by atoms with Gasteiger partial charge in [-0.05, 0) is 25.3 Å². The summed E-state index contributed by atoms with van der Waals surface area (Å²) in [4.78, 5) is 0. The zero-order valence-corrected chi connectivity index (χ0v) is 10.1. The van der Waals surface area contributed by atoms with Crippen molar-refractivity contribution in [2.24, 2.45) is 0 Å². The minimum atomic E-state index is -0.696. The second-order valence-corrected chi connectivity index (χ2v) is 4.44. The van der Waals surface area contributed by atoms with Crippen LogP contribution >= 0.6 is 0 Å². The van der Waals surface area contributed by atoms with Crippen LogP contribution < -0.4 is 5.32 Å². The first-order valence-electron chi connectivity index (χ1n) is 6.13. The van der Waals surface area contributed by atoms with Gasteiger partial charge >= 0.3 is 0 Å². The summed E-state index contributed by atoms with van der Waals surface area (Å²) in [5.41, 5.74) is 0.293. The molecule has 17 heavy (non-hydrogen) atoms. The van der Waals surface area contributed by atoms with Crippen molar-refractivity contribution in [1.82, 2.24) is 5.32 Å². The fourth-order valence-electron chi connectivity index (χ4n) is 1.89. The molecule has 0 spiro atoms. The molecule has 1 atom stereocenters. The summed E-state index contributed by atoms with van der Waals surface area (Å²) in [6, 6.07) is 12.7. The van der Waals surface area contributed by atoms with E-state index in [1.165, 1.54) is 0 Å². The molecule has 1 aliphatic carbocycles. The zero-order valence-electron chi connectivity index (χ0n) is 10.1. The van der Waals surface area contributed by atoms with Crippen molar-refractivity contribution in [2.45, 2.75) is 31.3 Å². The largest absolute Gasteiger partial charge is 0.378 e. The zero-order chi connectivity index (χ0) is 12.1. The Morgan fingerprint density at radius 2 is 2.12 bits per heavy atom. The molecule has 1 aromatic rings. The Kier molecular flexibility index (Phi) is 3.78. The average Bonchev–Trinajstić information content (AvgIpc) is 3.19. The second-order valence-electron chi connectivity index (χ2n) is 4.44. The van der Waals surface area contributed by atoms with E-state index in [1.807, 2.05) is 37.3 Å². The Labute approximate surface area is 102 Å². The molecule has 2 rings (SSSR count). The smallest absolute Gasteiger partial charge is 0.156 e. The molecule has 1 aromatic carbocycles. The van der Waals surface area contributed by atoms with Gasteiger partial charge in [0.05, 0.1) is 12.7 Å². The fraction of sp³-hybridized carbons (Fsp3) is 0.500. The van der Waals surface area contributed by atoms with Crippen molar-refractivity contribution in [3.05, 3.63) is 35.9 Å². The van der Waals surface area contributed by atoms with Crippen LogP contribution in [0.1, 0.15) is 25.3 Å². The van der Waals surface area contributed by atoms with E-state index in [4.69, 9.17) is 4.74 Å². The third-order valence-corrected chi connectivity index (χ3v) is 3.01. The van der Waals surface area contributed by atoms with Crippen LogP contribution in [0, 0.1) is 11.3 Å². The maximum absolute atomic E-state index is 9.54. The number of nitrogens with zero attached hydrogens (tertiary/aromatic N) is 1. The lowest BCUT2D eigenvalue weighted by atomic mass is 9.92. The molecule has 1 aliphatic rings. The first-order chi connectivity index (χ1) is 8.30. The van der Waals surface area contributed by atoms with Crippen LogP contribution in [0.2, 0.25) is 0 Å². The van der Waals surface area contributed by atoms with E-state index in [2.05, 4.69) is 11.4 Å². The Morgan fingerprint density at radius 3 is 2.65 bits per heavy atom. The highest BCUT2D eigenvalue weighted by Gasteiger charge is 2.38. The van der Waals surface area contributed by atoms with E-state index < -0.39 is 5.54 Å². The summed E-state index contributed by atoms with van der Waals surface area (Å²) in [6.07, 6.45) is 2.31. The number of ether oxygens (including phenoxy) is 1. The van der Waals surface area contributed by atoms with Crippen molar-refractivity contribution in [3.8, 4) is 6.07 Å². The number of hydrogen-bond acceptors (Lipinski definition) is 3. The molecule has 1 N–H and O–H groups in total. The Bertz CT molecular complexity index is 394. The van der Waals surface area contributed by atoms with E-state index in [-0.39, 0.29) is 0 Å². The van der Waals surface area contributed by atoms with E-state index in [0.29, 0.717) is 19.3 Å². The molecular weight excluding hydrogens is 212 g/mol. The molecule has 90 valence electrons. The van der Waals surface area contributed by atoms with Crippen LogP contribution in [-0.2, 0) is 10.3 Å². The van der Waals surface area contributed by atoms with E-state index >= 15 is 0 Å². The number of nitrogens with one attached hydrogen (secondary N) is 1. The van der Waals surface area contributed by atoms with Gasteiger partial charge in [-0.25, -0.2) is 0 Å². The van der Waals surface area contributed by atoms with Gasteiger partial charge in [0.15, 0.2) is 5.54 Å². The van der Waals surface area contributed by atoms with Gasteiger partial charge in [-0.15, -0.1) is 0 Å². The standard InChI is InChI=1S/C14H18N2O/c1-2-17-11-14(10-15,16-13-8-9-13)12-6-4-3-5-7-12/h3-7,13,16H,2,8-9,11H2,1H3. The van der Waals surface area contributed by atoms with E-state index in [1.54, 1.807) is 0 Å². The summed E-state index contributed by atoms with van der Waals surface area (Å²) in [6.45, 7) is 2.98. The monoisotopic (exact) mass is 230 g/mol. The summed E-state index contributed by atoms with van der Waals surface area (Å²) in [5, 5.41) is 13.0. The van der Waals surface area contributed by atoms with Crippen LogP contribution in [0.15, 0.2) is 30.3 Å². The maximum atomic E-state index is 9.54. The molecule has 0 heterocycles. The third kappa shape index (κ3) is 2.85. The van der Waals surface area contributed by atoms with Gasteiger partial charge in [0.25, 0.3) is 0 Å². The first kappa shape index (κ1) is 12.1. The Balaban J connectivity index is 2.23. The SMILES string of the molecule is CCOCC(C#N)(NC1CC1)c1ccccc1. The fourth-order valence-corrected chi connectivity index (χ4v) is 1.89. The average molecular weight is 230 g/mol. The van der Waals surface area contributed by atoms with Crippen LogP contribution in [0.25, 0.3) is 0 Å². The number of nitriles is 1. The molecule has 1 saturated carbocycles. The van der Waals surface area contributed by atoms with Crippen molar-refractivity contribution in [1.29, 1.82) is 5.26 Å². The van der Waals surface area contributed by atoms with Crippen molar-refractivity contribution in [2.75, 3.05) is 13.2 Å². The summed E-state index contributed by atoms with van der Waals surface area (Å²) >= 11 is 0. The van der Waals surface area contributed by atoms with Gasteiger partial charge in [-0.3, -0.25) is 5.32 Å². The molecule has 1 fully saturated rings. The highest BCUT2D eigenvalue weighted by Crippen LogP contribution is 2.28. The second kappa shape index (κ2) is 5.31. The molecule has 0 radical (unpaired) electrons. The maximum Gasteiger partial charge on any atom is 0.156 e.